The van der Waals surface area contributed by atoms with E-state index in [0.29, 0.717) is 42.2 Å². The fourth-order valence-corrected chi connectivity index (χ4v) is 6.69. The number of carbonyl (C=O) groups is 1. The highest BCUT2D eigenvalue weighted by Crippen LogP contribution is 2.41. The van der Waals surface area contributed by atoms with Crippen molar-refractivity contribution in [1.29, 1.82) is 0 Å². The molecule has 2 aromatic heterocycles. The molecule has 1 saturated heterocycles. The maximum Gasteiger partial charge on any atom is 0.416 e. The number of halogens is 3. The van der Waals surface area contributed by atoms with Gasteiger partial charge in [-0.1, -0.05) is 25.0 Å². The molecule has 6 rings (SSSR count). The van der Waals surface area contributed by atoms with Crippen LogP contribution >= 0.6 is 0 Å². The summed E-state index contributed by atoms with van der Waals surface area (Å²) in [5.41, 5.74) is 1.72. The van der Waals surface area contributed by atoms with Crippen LogP contribution in [-0.4, -0.2) is 45.0 Å². The Kier molecular flexibility index (Phi) is 7.23. The number of hydrogen-bond donors (Lipinski definition) is 1. The standard InChI is InChI=1S/C30H36F3N5O2/c1-18(22-8-5-9-23(16-22)30(31,32)33)34-27-24-17-25-26(40-15-14-38(25)28(24)36-19(2)35-27)20-10-12-37(13-11-20)29(39)21-6-3-4-7-21/h5,8-9,16-18,20-21,26H,3-4,6-7,10-15H2,1-2H3,(H,34,35,36)/t18-,26?/m1/s1. The van der Waals surface area contributed by atoms with Crippen LogP contribution in [0.15, 0.2) is 30.3 Å². The Bertz CT molecular complexity index is 1390. The van der Waals surface area contributed by atoms with Crippen LogP contribution in [0.2, 0.25) is 0 Å². The zero-order chi connectivity index (χ0) is 28.0. The van der Waals surface area contributed by atoms with Crippen molar-refractivity contribution >= 4 is 22.8 Å². The van der Waals surface area contributed by atoms with E-state index in [-0.39, 0.29) is 12.0 Å². The van der Waals surface area contributed by atoms with Gasteiger partial charge in [-0.05, 0) is 69.2 Å². The summed E-state index contributed by atoms with van der Waals surface area (Å²) < 4.78 is 48.4. The van der Waals surface area contributed by atoms with Crippen LogP contribution in [-0.2, 0) is 22.3 Å². The zero-order valence-electron chi connectivity index (χ0n) is 23.0. The molecule has 3 aromatic rings. The Hall–Kier alpha value is -3.14. The molecule has 2 atom stereocenters. The van der Waals surface area contributed by atoms with Gasteiger partial charge in [0.05, 0.1) is 17.6 Å². The van der Waals surface area contributed by atoms with E-state index in [1.165, 1.54) is 12.1 Å². The summed E-state index contributed by atoms with van der Waals surface area (Å²) in [6, 6.07) is 7.07. The molecule has 40 heavy (non-hydrogen) atoms. The van der Waals surface area contributed by atoms with Crippen molar-refractivity contribution in [3.63, 3.8) is 0 Å². The number of alkyl halides is 3. The molecule has 2 aliphatic heterocycles. The molecule has 7 nitrogen and oxygen atoms in total. The van der Waals surface area contributed by atoms with Crippen molar-refractivity contribution in [2.24, 2.45) is 11.8 Å². The first-order valence-electron chi connectivity index (χ1n) is 14.4. The van der Waals surface area contributed by atoms with Crippen LogP contribution in [0.5, 0.6) is 0 Å². The first-order valence-corrected chi connectivity index (χ1v) is 14.4. The van der Waals surface area contributed by atoms with Crippen LogP contribution in [0.1, 0.15) is 80.2 Å². The van der Waals surface area contributed by atoms with Crippen LogP contribution in [0.3, 0.4) is 0 Å². The number of carbonyl (C=O) groups excluding carboxylic acids is 1. The van der Waals surface area contributed by atoms with Gasteiger partial charge in [0.25, 0.3) is 0 Å². The number of likely N-dealkylation sites (tertiary alicyclic amines) is 1. The number of rotatable bonds is 5. The van der Waals surface area contributed by atoms with E-state index in [2.05, 4.69) is 25.8 Å². The van der Waals surface area contributed by atoms with Crippen molar-refractivity contribution in [3.05, 3.63) is 53.0 Å². The SMILES string of the molecule is Cc1nc(N[C@H](C)c2cccc(C(F)(F)F)c2)c2cc3n(c2n1)CCOC3C1CCN(C(=O)C2CCCC2)CC1. The first-order chi connectivity index (χ1) is 19.2. The molecule has 3 aliphatic rings. The topological polar surface area (TPSA) is 72.3 Å². The molecule has 214 valence electrons. The summed E-state index contributed by atoms with van der Waals surface area (Å²) in [6.07, 6.45) is 1.66. The van der Waals surface area contributed by atoms with Gasteiger partial charge in [0.1, 0.15) is 23.4 Å². The zero-order valence-corrected chi connectivity index (χ0v) is 23.0. The number of aromatic nitrogens is 3. The van der Waals surface area contributed by atoms with Crippen LogP contribution in [0.25, 0.3) is 11.0 Å². The Morgan fingerprint density at radius 1 is 1.07 bits per heavy atom. The molecule has 1 amide bonds. The third kappa shape index (κ3) is 5.18. The highest BCUT2D eigenvalue weighted by molar-refractivity contribution is 5.89. The molecule has 0 radical (unpaired) electrons. The second-order valence-electron chi connectivity index (χ2n) is 11.5. The van der Waals surface area contributed by atoms with E-state index in [1.807, 2.05) is 13.8 Å². The molecule has 4 heterocycles. The average Bonchev–Trinajstić information content (AvgIpc) is 3.61. The maximum atomic E-state index is 13.3. The van der Waals surface area contributed by atoms with Gasteiger partial charge in [-0.25, -0.2) is 9.97 Å². The van der Waals surface area contributed by atoms with E-state index in [9.17, 15) is 18.0 Å². The van der Waals surface area contributed by atoms with E-state index in [0.717, 1.165) is 74.4 Å². The summed E-state index contributed by atoms with van der Waals surface area (Å²) in [5.74, 6) is 2.02. The number of anilines is 1. The monoisotopic (exact) mass is 555 g/mol. The second kappa shape index (κ2) is 10.7. The molecule has 10 heteroatoms. The summed E-state index contributed by atoms with van der Waals surface area (Å²) in [6.45, 7) is 6.44. The highest BCUT2D eigenvalue weighted by atomic mass is 19.4. The van der Waals surface area contributed by atoms with Gasteiger partial charge < -0.3 is 19.5 Å². The largest absolute Gasteiger partial charge is 0.416 e. The minimum atomic E-state index is -4.40. The van der Waals surface area contributed by atoms with Gasteiger partial charge in [-0.15, -0.1) is 0 Å². The molecule has 1 saturated carbocycles. The van der Waals surface area contributed by atoms with Crippen molar-refractivity contribution < 1.29 is 22.7 Å². The lowest BCUT2D eigenvalue weighted by atomic mass is 9.88. The summed E-state index contributed by atoms with van der Waals surface area (Å²) in [5, 5.41) is 4.19. The first kappa shape index (κ1) is 27.1. The normalized spacial score (nSPS) is 21.5. The van der Waals surface area contributed by atoms with Crippen LogP contribution in [0.4, 0.5) is 19.0 Å². The van der Waals surface area contributed by atoms with Gasteiger partial charge in [0, 0.05) is 37.3 Å². The fourth-order valence-electron chi connectivity index (χ4n) is 6.69. The molecule has 2 fully saturated rings. The lowest BCUT2D eigenvalue weighted by Crippen LogP contribution is -2.43. The van der Waals surface area contributed by atoms with Crippen molar-refractivity contribution in [3.8, 4) is 0 Å². The van der Waals surface area contributed by atoms with Gasteiger partial charge in [0.2, 0.25) is 5.91 Å². The summed E-state index contributed by atoms with van der Waals surface area (Å²) >= 11 is 0. The van der Waals surface area contributed by atoms with Gasteiger partial charge >= 0.3 is 6.18 Å². The Morgan fingerprint density at radius 3 is 2.55 bits per heavy atom. The highest BCUT2D eigenvalue weighted by Gasteiger charge is 2.36. The molecule has 1 aliphatic carbocycles. The number of ether oxygens (including phenoxy) is 1. The Balaban J connectivity index is 1.23. The van der Waals surface area contributed by atoms with Gasteiger partial charge in [-0.2, -0.15) is 13.2 Å². The quantitative estimate of drug-likeness (QED) is 0.393. The minimum absolute atomic E-state index is 0.0965. The minimum Gasteiger partial charge on any atom is -0.370 e. The number of piperidine rings is 1. The average molecular weight is 556 g/mol. The van der Waals surface area contributed by atoms with Crippen LogP contribution in [0, 0.1) is 18.8 Å². The summed E-state index contributed by atoms with van der Waals surface area (Å²) in [7, 11) is 0. The predicted octanol–water partition coefficient (Wildman–Crippen LogP) is 6.43. The predicted molar refractivity (Wildman–Crippen MR) is 146 cm³/mol. The van der Waals surface area contributed by atoms with E-state index in [1.54, 1.807) is 6.07 Å². The lowest BCUT2D eigenvalue weighted by Gasteiger charge is -2.38. The lowest BCUT2D eigenvalue weighted by molar-refractivity contribution is -0.138. The number of nitrogens with zero attached hydrogens (tertiary/aromatic N) is 4. The molecule has 1 unspecified atom stereocenters. The number of hydrogen-bond acceptors (Lipinski definition) is 5. The molecule has 0 bridgehead atoms. The molecule has 1 N–H and O–H groups in total. The van der Waals surface area contributed by atoms with Crippen molar-refractivity contribution in [2.45, 2.75) is 77.2 Å². The Labute approximate surface area is 232 Å². The Morgan fingerprint density at radius 2 is 1.82 bits per heavy atom. The van der Waals surface area contributed by atoms with Crippen LogP contribution < -0.4 is 5.32 Å². The smallest absolute Gasteiger partial charge is 0.370 e. The third-order valence-corrected chi connectivity index (χ3v) is 8.85. The molecule has 1 aromatic carbocycles. The number of benzene rings is 1. The number of amides is 1. The van der Waals surface area contributed by atoms with Gasteiger partial charge in [-0.3, -0.25) is 4.79 Å². The van der Waals surface area contributed by atoms with E-state index in [4.69, 9.17) is 9.72 Å². The maximum absolute atomic E-state index is 13.3. The van der Waals surface area contributed by atoms with Crippen molar-refractivity contribution in [2.75, 3.05) is 25.0 Å². The number of fused-ring (bicyclic) bond motifs is 3. The van der Waals surface area contributed by atoms with Gasteiger partial charge in [0.15, 0.2) is 0 Å². The van der Waals surface area contributed by atoms with Crippen molar-refractivity contribution in [1.82, 2.24) is 19.4 Å². The molecule has 0 spiro atoms. The van der Waals surface area contributed by atoms with E-state index < -0.39 is 17.8 Å². The van der Waals surface area contributed by atoms with E-state index >= 15 is 0 Å². The number of aryl methyl sites for hydroxylation is 1. The fraction of sp³-hybridized carbons (Fsp3) is 0.567. The third-order valence-electron chi connectivity index (χ3n) is 8.85. The number of nitrogens with one attached hydrogen (secondary N) is 1. The summed E-state index contributed by atoms with van der Waals surface area (Å²) in [4.78, 5) is 24.4. The molecular weight excluding hydrogens is 519 g/mol. The second-order valence-corrected chi connectivity index (χ2v) is 11.5. The molecular formula is C30H36F3N5O2.